The van der Waals surface area contributed by atoms with Crippen molar-refractivity contribution in [3.05, 3.63) is 77.9 Å². The molecule has 0 aliphatic heterocycles. The monoisotopic (exact) mass is 515 g/mol. The molecule has 0 aliphatic rings. The maximum atomic E-state index is 12.8. The van der Waals surface area contributed by atoms with Crippen molar-refractivity contribution in [1.82, 2.24) is 9.88 Å². The van der Waals surface area contributed by atoms with Crippen LogP contribution in [0.1, 0.15) is 17.5 Å². The molecule has 190 valence electrons. The highest BCUT2D eigenvalue weighted by molar-refractivity contribution is 7.22. The summed E-state index contributed by atoms with van der Waals surface area (Å²) in [5, 5.41) is 0.862. The van der Waals surface area contributed by atoms with E-state index >= 15 is 0 Å². The van der Waals surface area contributed by atoms with E-state index in [1.165, 1.54) is 23.5 Å². The summed E-state index contributed by atoms with van der Waals surface area (Å²) in [6, 6.07) is 18.2. The maximum absolute atomic E-state index is 12.8. The van der Waals surface area contributed by atoms with Crippen LogP contribution in [-0.2, 0) is 12.7 Å². The Bertz CT molecular complexity index is 1270. The predicted octanol–water partition coefficient (Wildman–Crippen LogP) is 7.07. The molecule has 1 heterocycles. The van der Waals surface area contributed by atoms with E-state index in [0.29, 0.717) is 24.7 Å². The second kappa shape index (κ2) is 11.2. The van der Waals surface area contributed by atoms with Crippen molar-refractivity contribution in [2.24, 2.45) is 0 Å². The molecule has 0 bridgehead atoms. The zero-order valence-electron chi connectivity index (χ0n) is 20.4. The average Bonchev–Trinajstić information content (AvgIpc) is 3.26. The number of benzene rings is 3. The van der Waals surface area contributed by atoms with Crippen LogP contribution >= 0.6 is 11.3 Å². The molecule has 0 N–H and O–H groups in total. The Morgan fingerprint density at radius 2 is 1.53 bits per heavy atom. The Kier molecular flexibility index (Phi) is 8.01. The van der Waals surface area contributed by atoms with Gasteiger partial charge in [-0.05, 0) is 74.6 Å². The van der Waals surface area contributed by atoms with Gasteiger partial charge in [0.15, 0.2) is 5.13 Å². The van der Waals surface area contributed by atoms with Gasteiger partial charge in [-0.25, -0.2) is 4.98 Å². The van der Waals surface area contributed by atoms with Crippen molar-refractivity contribution < 1.29 is 22.6 Å². The molecule has 4 aromatic rings. The van der Waals surface area contributed by atoms with Crippen LogP contribution in [0.15, 0.2) is 66.7 Å². The summed E-state index contributed by atoms with van der Waals surface area (Å²) < 4.78 is 50.8. The quantitative estimate of drug-likeness (QED) is 0.211. The summed E-state index contributed by atoms with van der Waals surface area (Å²) in [4.78, 5) is 8.93. The lowest BCUT2D eigenvalue weighted by molar-refractivity contribution is -0.137. The van der Waals surface area contributed by atoms with E-state index in [1.54, 1.807) is 6.07 Å². The first-order valence-corrected chi connectivity index (χ1v) is 12.3. The standard InChI is InChI=1S/C27H28F3N3O2S/c1-32(2)15-4-16-34-21-9-5-19(6-10-21)18-33(3)26-31-24-14-13-23(17-25(24)36-26)35-22-11-7-20(8-12-22)27(28,29)30/h5-14,17H,4,15-16,18H2,1-3H3. The molecule has 1 aromatic heterocycles. The van der Waals surface area contributed by atoms with Gasteiger partial charge in [0.25, 0.3) is 0 Å². The number of ether oxygens (including phenoxy) is 2. The van der Waals surface area contributed by atoms with Crippen LogP contribution in [0.4, 0.5) is 18.3 Å². The third-order valence-corrected chi connectivity index (χ3v) is 6.59. The smallest absolute Gasteiger partial charge is 0.416 e. The second-order valence-corrected chi connectivity index (χ2v) is 9.76. The van der Waals surface area contributed by atoms with Crippen LogP contribution in [0.2, 0.25) is 0 Å². The van der Waals surface area contributed by atoms with E-state index in [9.17, 15) is 13.2 Å². The molecule has 4 rings (SSSR count). The summed E-state index contributed by atoms with van der Waals surface area (Å²) in [6.07, 6.45) is -3.39. The molecule has 0 aliphatic carbocycles. The van der Waals surface area contributed by atoms with Crippen LogP contribution < -0.4 is 14.4 Å². The number of aromatic nitrogens is 1. The molecule has 0 saturated carbocycles. The first-order chi connectivity index (χ1) is 17.2. The van der Waals surface area contributed by atoms with Gasteiger partial charge in [0.2, 0.25) is 0 Å². The van der Waals surface area contributed by atoms with E-state index in [2.05, 4.69) is 21.9 Å². The number of fused-ring (bicyclic) bond motifs is 1. The fourth-order valence-corrected chi connectivity index (χ4v) is 4.53. The van der Waals surface area contributed by atoms with Crippen LogP contribution in [0.3, 0.4) is 0 Å². The van der Waals surface area contributed by atoms with Gasteiger partial charge in [-0.2, -0.15) is 13.2 Å². The number of hydrogen-bond acceptors (Lipinski definition) is 6. The normalized spacial score (nSPS) is 11.8. The molecule has 0 fully saturated rings. The lowest BCUT2D eigenvalue weighted by Gasteiger charge is -2.16. The summed E-state index contributed by atoms with van der Waals surface area (Å²) in [5.74, 6) is 1.75. The van der Waals surface area contributed by atoms with Gasteiger partial charge >= 0.3 is 6.18 Å². The van der Waals surface area contributed by atoms with Crippen LogP contribution in [0.25, 0.3) is 10.2 Å². The summed E-state index contributed by atoms with van der Waals surface area (Å²) in [7, 11) is 6.09. The first kappa shape index (κ1) is 25.8. The van der Waals surface area contributed by atoms with E-state index in [4.69, 9.17) is 14.5 Å². The molecular weight excluding hydrogens is 487 g/mol. The summed E-state index contributed by atoms with van der Waals surface area (Å²) in [6.45, 7) is 2.37. The van der Waals surface area contributed by atoms with Gasteiger partial charge in [0.05, 0.1) is 22.4 Å². The Hall–Kier alpha value is -3.30. The predicted molar refractivity (Wildman–Crippen MR) is 138 cm³/mol. The molecular formula is C27H28F3N3O2S. The number of thiazole rings is 1. The average molecular weight is 516 g/mol. The Morgan fingerprint density at radius 3 is 2.19 bits per heavy atom. The Labute approximate surface area is 212 Å². The van der Waals surface area contributed by atoms with Gasteiger partial charge in [-0.1, -0.05) is 23.5 Å². The SMILES string of the molecule is CN(C)CCCOc1ccc(CN(C)c2nc3ccc(Oc4ccc(C(F)(F)F)cc4)cc3s2)cc1. The third kappa shape index (κ3) is 6.89. The minimum atomic E-state index is -4.37. The van der Waals surface area contributed by atoms with Gasteiger partial charge in [0, 0.05) is 26.2 Å². The zero-order chi connectivity index (χ0) is 25.7. The van der Waals surface area contributed by atoms with Crippen molar-refractivity contribution in [3.63, 3.8) is 0 Å². The fraction of sp³-hybridized carbons (Fsp3) is 0.296. The van der Waals surface area contributed by atoms with Gasteiger partial charge < -0.3 is 19.3 Å². The topological polar surface area (TPSA) is 37.8 Å². The number of nitrogens with zero attached hydrogens (tertiary/aromatic N) is 3. The van der Waals surface area contributed by atoms with E-state index < -0.39 is 11.7 Å². The molecule has 0 unspecified atom stereocenters. The van der Waals surface area contributed by atoms with Crippen molar-refractivity contribution in [2.75, 3.05) is 39.2 Å². The van der Waals surface area contributed by atoms with Crippen molar-refractivity contribution in [2.45, 2.75) is 19.1 Å². The number of hydrogen-bond donors (Lipinski definition) is 0. The first-order valence-electron chi connectivity index (χ1n) is 11.5. The Morgan fingerprint density at radius 1 is 0.861 bits per heavy atom. The highest BCUT2D eigenvalue weighted by atomic mass is 32.1. The van der Waals surface area contributed by atoms with E-state index in [1.807, 2.05) is 45.4 Å². The minimum Gasteiger partial charge on any atom is -0.494 e. The van der Waals surface area contributed by atoms with E-state index in [0.717, 1.165) is 51.8 Å². The lowest BCUT2D eigenvalue weighted by Crippen LogP contribution is -2.16. The number of halogens is 3. The minimum absolute atomic E-state index is 0.342. The van der Waals surface area contributed by atoms with Gasteiger partial charge in [-0.15, -0.1) is 0 Å². The molecule has 0 atom stereocenters. The largest absolute Gasteiger partial charge is 0.494 e. The molecule has 0 radical (unpaired) electrons. The van der Waals surface area contributed by atoms with Crippen molar-refractivity contribution >= 4 is 26.7 Å². The molecule has 0 saturated heterocycles. The Balaban J connectivity index is 1.36. The molecule has 3 aromatic carbocycles. The molecule has 0 spiro atoms. The van der Waals surface area contributed by atoms with Crippen LogP contribution in [0, 0.1) is 0 Å². The number of alkyl halides is 3. The zero-order valence-corrected chi connectivity index (χ0v) is 21.2. The van der Waals surface area contributed by atoms with Gasteiger partial charge in [-0.3, -0.25) is 0 Å². The maximum Gasteiger partial charge on any atom is 0.416 e. The van der Waals surface area contributed by atoms with Crippen molar-refractivity contribution in [1.29, 1.82) is 0 Å². The lowest BCUT2D eigenvalue weighted by atomic mass is 10.2. The summed E-state index contributed by atoms with van der Waals surface area (Å²) >= 11 is 1.53. The molecule has 9 heteroatoms. The van der Waals surface area contributed by atoms with Crippen LogP contribution in [-0.4, -0.2) is 44.2 Å². The number of rotatable bonds is 10. The highest BCUT2D eigenvalue weighted by Crippen LogP contribution is 2.34. The molecule has 0 amide bonds. The summed E-state index contributed by atoms with van der Waals surface area (Å²) in [5.41, 5.74) is 1.27. The van der Waals surface area contributed by atoms with Crippen molar-refractivity contribution in [3.8, 4) is 17.2 Å². The van der Waals surface area contributed by atoms with Crippen LogP contribution in [0.5, 0.6) is 17.2 Å². The molecule has 36 heavy (non-hydrogen) atoms. The molecule has 5 nitrogen and oxygen atoms in total. The number of anilines is 1. The fourth-order valence-electron chi connectivity index (χ4n) is 3.57. The second-order valence-electron chi connectivity index (χ2n) is 8.76. The van der Waals surface area contributed by atoms with E-state index in [-0.39, 0.29) is 0 Å². The van der Waals surface area contributed by atoms with Gasteiger partial charge in [0.1, 0.15) is 17.2 Å². The third-order valence-electron chi connectivity index (χ3n) is 5.45. The highest BCUT2D eigenvalue weighted by Gasteiger charge is 2.30.